The minimum Gasteiger partial charge on any atom is -0.376 e. The van der Waals surface area contributed by atoms with E-state index in [2.05, 4.69) is 10.6 Å². The van der Waals surface area contributed by atoms with Gasteiger partial charge in [0.1, 0.15) is 11.9 Å². The van der Waals surface area contributed by atoms with E-state index in [4.69, 9.17) is 9.47 Å². The van der Waals surface area contributed by atoms with Crippen LogP contribution in [0.5, 0.6) is 0 Å². The highest BCUT2D eigenvalue weighted by Gasteiger charge is 2.30. The Labute approximate surface area is 117 Å². The van der Waals surface area contributed by atoms with E-state index in [-0.39, 0.29) is 17.8 Å². The molecule has 0 spiro atoms. The second kappa shape index (κ2) is 6.67. The number of hydrogen-bond acceptors (Lipinski definition) is 3. The molecule has 0 radical (unpaired) electrons. The zero-order chi connectivity index (χ0) is 14.5. The van der Waals surface area contributed by atoms with Gasteiger partial charge in [0, 0.05) is 6.61 Å². The van der Waals surface area contributed by atoms with Crippen molar-refractivity contribution in [1.82, 2.24) is 5.32 Å². The van der Waals surface area contributed by atoms with Crippen LogP contribution in [0.1, 0.15) is 12.5 Å². The summed E-state index contributed by atoms with van der Waals surface area (Å²) in [6.45, 7) is 5.08. The molecule has 1 heterocycles. The van der Waals surface area contributed by atoms with Crippen molar-refractivity contribution in [3.63, 3.8) is 0 Å². The molecule has 0 unspecified atom stereocenters. The third kappa shape index (κ3) is 3.68. The predicted molar refractivity (Wildman–Crippen MR) is 73.3 cm³/mol. The van der Waals surface area contributed by atoms with Crippen molar-refractivity contribution in [3.05, 3.63) is 29.6 Å². The summed E-state index contributed by atoms with van der Waals surface area (Å²) in [5, 5.41) is 5.23. The number of rotatable bonds is 4. The minimum atomic E-state index is -0.465. The summed E-state index contributed by atoms with van der Waals surface area (Å²) in [5.41, 5.74) is 0.953. The molecule has 0 saturated carbocycles. The zero-order valence-corrected chi connectivity index (χ0v) is 11.6. The van der Waals surface area contributed by atoms with E-state index in [1.165, 1.54) is 12.1 Å². The number of nitrogens with one attached hydrogen (secondary N) is 2. The average Bonchev–Trinajstić information content (AvgIpc) is 2.81. The Morgan fingerprint density at radius 3 is 3.00 bits per heavy atom. The van der Waals surface area contributed by atoms with Crippen LogP contribution in [-0.2, 0) is 9.47 Å². The van der Waals surface area contributed by atoms with Crippen LogP contribution in [0.2, 0.25) is 0 Å². The van der Waals surface area contributed by atoms with Crippen molar-refractivity contribution in [2.45, 2.75) is 26.0 Å². The largest absolute Gasteiger partial charge is 0.376 e. The summed E-state index contributed by atoms with van der Waals surface area (Å²) in [6, 6.07) is 3.96. The van der Waals surface area contributed by atoms with Crippen LogP contribution in [0.15, 0.2) is 18.2 Å². The van der Waals surface area contributed by atoms with Crippen molar-refractivity contribution in [1.29, 1.82) is 0 Å². The minimum absolute atomic E-state index is 0.153. The molecule has 0 bridgehead atoms. The average molecular weight is 282 g/mol. The Balaban J connectivity index is 1.92. The van der Waals surface area contributed by atoms with E-state index in [9.17, 15) is 9.18 Å². The van der Waals surface area contributed by atoms with Gasteiger partial charge in [-0.2, -0.15) is 0 Å². The number of ether oxygens (including phenoxy) is 2. The van der Waals surface area contributed by atoms with Crippen LogP contribution in [-0.4, -0.2) is 38.0 Å². The number of urea groups is 1. The summed E-state index contributed by atoms with van der Waals surface area (Å²) in [5.74, 6) is -0.454. The highest BCUT2D eigenvalue weighted by molar-refractivity contribution is 5.89. The van der Waals surface area contributed by atoms with Gasteiger partial charge in [-0.15, -0.1) is 0 Å². The highest BCUT2D eigenvalue weighted by atomic mass is 19.1. The lowest BCUT2D eigenvalue weighted by Crippen LogP contribution is -2.45. The topological polar surface area (TPSA) is 59.6 Å². The normalized spacial score (nSPS) is 21.8. The molecule has 2 rings (SSSR count). The van der Waals surface area contributed by atoms with Crippen LogP contribution in [0.25, 0.3) is 0 Å². The molecular formula is C14H19FN2O3. The molecule has 1 saturated heterocycles. The summed E-state index contributed by atoms with van der Waals surface area (Å²) in [6.07, 6.45) is -0.159. The predicted octanol–water partition coefficient (Wildman–Crippen LogP) is 2.06. The highest BCUT2D eigenvalue weighted by Crippen LogP contribution is 2.15. The molecule has 5 nitrogen and oxygen atoms in total. The van der Waals surface area contributed by atoms with Crippen molar-refractivity contribution >= 4 is 11.7 Å². The Bertz CT molecular complexity index is 481. The van der Waals surface area contributed by atoms with E-state index in [1.807, 2.05) is 6.92 Å². The quantitative estimate of drug-likeness (QED) is 0.888. The van der Waals surface area contributed by atoms with Crippen LogP contribution in [0, 0.1) is 12.7 Å². The van der Waals surface area contributed by atoms with E-state index in [0.717, 1.165) is 5.56 Å². The number of carbonyl (C=O) groups excluding carboxylic acids is 1. The first-order valence-corrected chi connectivity index (χ1v) is 6.63. The molecule has 6 heteroatoms. The second-order valence-electron chi connectivity index (χ2n) is 4.72. The third-order valence-corrected chi connectivity index (χ3v) is 3.10. The van der Waals surface area contributed by atoms with Crippen LogP contribution in [0.3, 0.4) is 0 Å². The number of halogens is 1. The van der Waals surface area contributed by atoms with Crippen molar-refractivity contribution in [2.24, 2.45) is 0 Å². The maximum atomic E-state index is 13.6. The molecule has 110 valence electrons. The number of aryl methyl sites for hydroxylation is 1. The smallest absolute Gasteiger partial charge is 0.319 e. The molecule has 1 aliphatic rings. The first-order chi connectivity index (χ1) is 9.60. The van der Waals surface area contributed by atoms with Crippen molar-refractivity contribution in [2.75, 3.05) is 25.1 Å². The molecular weight excluding hydrogens is 263 g/mol. The van der Waals surface area contributed by atoms with Gasteiger partial charge in [-0.3, -0.25) is 0 Å². The summed E-state index contributed by atoms with van der Waals surface area (Å²) in [7, 11) is 0. The lowest BCUT2D eigenvalue weighted by Gasteiger charge is -2.19. The maximum absolute atomic E-state index is 13.6. The Hall–Kier alpha value is -1.66. The summed E-state index contributed by atoms with van der Waals surface area (Å²) >= 11 is 0. The van der Waals surface area contributed by atoms with Gasteiger partial charge < -0.3 is 20.1 Å². The van der Waals surface area contributed by atoms with E-state index >= 15 is 0 Å². The number of amides is 2. The molecule has 1 fully saturated rings. The second-order valence-corrected chi connectivity index (χ2v) is 4.72. The maximum Gasteiger partial charge on any atom is 0.319 e. The number of hydrogen-bond donors (Lipinski definition) is 2. The third-order valence-electron chi connectivity index (χ3n) is 3.10. The number of benzene rings is 1. The van der Waals surface area contributed by atoms with Gasteiger partial charge in [0.25, 0.3) is 0 Å². The molecule has 1 aromatic rings. The lowest BCUT2D eigenvalue weighted by molar-refractivity contribution is 0.0428. The fourth-order valence-corrected chi connectivity index (χ4v) is 2.10. The molecule has 2 atom stereocenters. The van der Waals surface area contributed by atoms with Crippen molar-refractivity contribution in [3.8, 4) is 0 Å². The molecule has 2 amide bonds. The number of carbonyl (C=O) groups is 1. The lowest BCUT2D eigenvalue weighted by atomic mass is 10.2. The molecule has 2 N–H and O–H groups in total. The monoisotopic (exact) mass is 282 g/mol. The van der Waals surface area contributed by atoms with Gasteiger partial charge in [0.2, 0.25) is 0 Å². The van der Waals surface area contributed by atoms with Gasteiger partial charge in [-0.1, -0.05) is 6.07 Å². The molecule has 1 aromatic carbocycles. The molecule has 20 heavy (non-hydrogen) atoms. The van der Waals surface area contributed by atoms with Crippen molar-refractivity contribution < 1.29 is 18.7 Å². The summed E-state index contributed by atoms with van der Waals surface area (Å²) < 4.78 is 24.4. The van der Waals surface area contributed by atoms with Gasteiger partial charge >= 0.3 is 6.03 Å². The molecule has 0 aromatic heterocycles. The van der Waals surface area contributed by atoms with Gasteiger partial charge in [-0.05, 0) is 31.5 Å². The standard InChI is InChI=1S/C14H19FN2O3/c1-3-20-13-8-19-7-12(13)17-14(18)16-11-5-4-9(2)6-10(11)15/h4-6,12-13H,3,7-8H2,1-2H3,(H2,16,17,18)/t12-,13-/m0/s1. The fraction of sp³-hybridized carbons (Fsp3) is 0.500. The Morgan fingerprint density at radius 2 is 2.30 bits per heavy atom. The first-order valence-electron chi connectivity index (χ1n) is 6.63. The van der Waals surface area contributed by atoms with E-state index in [1.54, 1.807) is 13.0 Å². The zero-order valence-electron chi connectivity index (χ0n) is 11.6. The van der Waals surface area contributed by atoms with Gasteiger partial charge in [0.05, 0.1) is 24.9 Å². The van der Waals surface area contributed by atoms with Gasteiger partial charge in [-0.25, -0.2) is 9.18 Å². The fourth-order valence-electron chi connectivity index (χ4n) is 2.10. The van der Waals surface area contributed by atoms with E-state index in [0.29, 0.717) is 19.8 Å². The SMILES string of the molecule is CCO[C@H]1COC[C@@H]1NC(=O)Nc1ccc(C)cc1F. The van der Waals surface area contributed by atoms with E-state index < -0.39 is 11.8 Å². The first kappa shape index (κ1) is 14.7. The van der Waals surface area contributed by atoms with Gasteiger partial charge in [0.15, 0.2) is 0 Å². The van der Waals surface area contributed by atoms with Crippen LogP contribution >= 0.6 is 0 Å². The summed E-state index contributed by atoms with van der Waals surface area (Å²) in [4.78, 5) is 11.9. The Morgan fingerprint density at radius 1 is 1.50 bits per heavy atom. The molecule has 1 aliphatic heterocycles. The van der Waals surface area contributed by atoms with Crippen LogP contribution in [0.4, 0.5) is 14.9 Å². The van der Waals surface area contributed by atoms with Crippen LogP contribution < -0.4 is 10.6 Å². The Kier molecular flexibility index (Phi) is 4.92. The number of anilines is 1. The molecule has 0 aliphatic carbocycles.